The number of nitrogen functional groups attached to an aromatic ring is 1. The lowest BCUT2D eigenvalue weighted by atomic mass is 9.92. The molecule has 5 atom stereocenters. The first kappa shape index (κ1) is 28.2. The molecule has 1 unspecified atom stereocenters. The monoisotopic (exact) mass is 558 g/mol. The Morgan fingerprint density at radius 3 is 2.74 bits per heavy atom. The van der Waals surface area contributed by atoms with Gasteiger partial charge in [-0.2, -0.15) is 10.4 Å². The molecular weight excluding hydrogens is 531 g/mol. The fourth-order valence-electron chi connectivity index (χ4n) is 4.02. The summed E-state index contributed by atoms with van der Waals surface area (Å²) in [5.74, 6) is -0.326. The molecule has 4 N–H and O–H groups in total. The summed E-state index contributed by atoms with van der Waals surface area (Å²) in [6.07, 6.45) is -3.13. The van der Waals surface area contributed by atoms with Gasteiger partial charge in [0, 0.05) is 0 Å². The van der Waals surface area contributed by atoms with E-state index >= 15 is 0 Å². The number of nitrogens with two attached hydrogens (primary N) is 1. The number of nitrogens with zero attached hydrogens (tertiary/aromatic N) is 5. The summed E-state index contributed by atoms with van der Waals surface area (Å²) in [6.45, 7) is 4.37. The van der Waals surface area contributed by atoms with Gasteiger partial charge in [-0.25, -0.2) is 14.3 Å². The number of aliphatic hydroxyl groups excluding tert-OH is 2. The molecule has 0 saturated carbocycles. The van der Waals surface area contributed by atoms with Gasteiger partial charge in [0.25, 0.3) is 0 Å². The Morgan fingerprint density at radius 2 is 2.05 bits per heavy atom. The van der Waals surface area contributed by atoms with Crippen molar-refractivity contribution in [3.8, 4) is 17.6 Å². The smallest absolute Gasteiger partial charge is 0.395 e. The molecule has 0 radical (unpaired) electrons. The number of carbonyl (C=O) groups is 1. The molecule has 0 bridgehead atoms. The second-order valence-electron chi connectivity index (χ2n) is 9.07. The number of esters is 1. The Hall–Kier alpha value is -3.86. The van der Waals surface area contributed by atoms with Gasteiger partial charge >= 0.3 is 14.1 Å². The summed E-state index contributed by atoms with van der Waals surface area (Å²) >= 11 is 0. The number of rotatable bonds is 9. The SMILES string of the molecule is CCOC(=O)C(C)(C)N=[P+]([O-])Oc1ccccc1OC[C@H]1O[C@@](C#N)(c2ccc3c(N)ncnn23)[C@H](O)[C@@H]1O. The van der Waals surface area contributed by atoms with Crippen molar-refractivity contribution < 1.29 is 38.6 Å². The van der Waals surface area contributed by atoms with Crippen LogP contribution in [0.25, 0.3) is 5.52 Å². The van der Waals surface area contributed by atoms with E-state index in [4.69, 9.17) is 24.5 Å². The Bertz CT molecular complexity index is 1440. The lowest BCUT2D eigenvalue weighted by Gasteiger charge is -2.24. The molecule has 0 spiro atoms. The number of hydrogen-bond acceptors (Lipinski definition) is 13. The van der Waals surface area contributed by atoms with Crippen molar-refractivity contribution in [2.45, 2.75) is 50.2 Å². The van der Waals surface area contributed by atoms with Crippen molar-refractivity contribution in [2.24, 2.45) is 4.74 Å². The zero-order valence-electron chi connectivity index (χ0n) is 21.3. The molecule has 39 heavy (non-hydrogen) atoms. The summed E-state index contributed by atoms with van der Waals surface area (Å²) in [5.41, 5.74) is 3.02. The molecule has 14 nitrogen and oxygen atoms in total. The predicted molar refractivity (Wildman–Crippen MR) is 134 cm³/mol. The van der Waals surface area contributed by atoms with Crippen molar-refractivity contribution in [3.63, 3.8) is 0 Å². The van der Waals surface area contributed by atoms with Crippen LogP contribution < -0.4 is 19.9 Å². The Morgan fingerprint density at radius 1 is 1.33 bits per heavy atom. The number of nitriles is 1. The quantitative estimate of drug-likeness (QED) is 0.246. The molecule has 1 aromatic carbocycles. The molecule has 0 aliphatic carbocycles. The van der Waals surface area contributed by atoms with Crippen LogP contribution in [-0.4, -0.2) is 67.8 Å². The molecule has 4 rings (SSSR count). The lowest BCUT2D eigenvalue weighted by Crippen LogP contribution is -2.41. The Balaban J connectivity index is 1.52. The van der Waals surface area contributed by atoms with E-state index in [-0.39, 0.29) is 36.2 Å². The fraction of sp³-hybridized carbons (Fsp3) is 0.417. The second kappa shape index (κ2) is 11.1. The van der Waals surface area contributed by atoms with Gasteiger partial charge < -0.3 is 35.1 Å². The van der Waals surface area contributed by atoms with Crippen molar-refractivity contribution in [1.82, 2.24) is 14.6 Å². The van der Waals surface area contributed by atoms with Gasteiger partial charge in [-0.3, -0.25) is 4.52 Å². The third-order valence-electron chi connectivity index (χ3n) is 6.02. The zero-order valence-corrected chi connectivity index (χ0v) is 22.2. The molecule has 0 amide bonds. The Labute approximate surface area is 224 Å². The highest BCUT2D eigenvalue weighted by molar-refractivity contribution is 7.34. The van der Waals surface area contributed by atoms with Crippen LogP contribution in [0.4, 0.5) is 5.82 Å². The van der Waals surface area contributed by atoms with Gasteiger partial charge in [-0.1, -0.05) is 16.9 Å². The lowest BCUT2D eigenvalue weighted by molar-refractivity contribution is -0.170. The first-order valence-corrected chi connectivity index (χ1v) is 13.0. The number of hydrogen-bond donors (Lipinski definition) is 3. The van der Waals surface area contributed by atoms with Gasteiger partial charge in [0.1, 0.15) is 42.8 Å². The first-order valence-electron chi connectivity index (χ1n) is 11.8. The van der Waals surface area contributed by atoms with Gasteiger partial charge in [-0.05, 0) is 45.0 Å². The minimum absolute atomic E-state index is 0.0476. The maximum Gasteiger partial charge on any atom is 0.395 e. The van der Waals surface area contributed by atoms with Crippen LogP contribution >= 0.6 is 8.17 Å². The van der Waals surface area contributed by atoms with E-state index in [1.807, 2.05) is 6.07 Å². The molecule has 1 fully saturated rings. The number of benzene rings is 1. The number of aliphatic hydroxyl groups is 2. The topological polar surface area (TPSA) is 210 Å². The van der Waals surface area contributed by atoms with Crippen molar-refractivity contribution >= 4 is 25.5 Å². The minimum atomic E-state index is -2.70. The van der Waals surface area contributed by atoms with Crippen LogP contribution in [0, 0.1) is 11.3 Å². The third kappa shape index (κ3) is 5.36. The first-order chi connectivity index (χ1) is 18.5. The van der Waals surface area contributed by atoms with Gasteiger partial charge in [-0.15, -0.1) is 0 Å². The summed E-state index contributed by atoms with van der Waals surface area (Å²) < 4.78 is 27.3. The molecule has 1 aliphatic heterocycles. The number of para-hydroxylation sites is 2. The zero-order chi connectivity index (χ0) is 28.4. The number of carbonyl (C=O) groups excluding carboxylic acids is 1. The fourth-order valence-corrected chi connectivity index (χ4v) is 4.87. The highest BCUT2D eigenvalue weighted by atomic mass is 31.1. The molecule has 2 aromatic heterocycles. The average Bonchev–Trinajstić information content (AvgIpc) is 3.44. The average molecular weight is 558 g/mol. The van der Waals surface area contributed by atoms with Crippen molar-refractivity contribution in [1.29, 1.82) is 5.26 Å². The third-order valence-corrected chi connectivity index (χ3v) is 7.04. The molecule has 3 aromatic rings. The van der Waals surface area contributed by atoms with Crippen LogP contribution in [-0.2, 0) is 19.9 Å². The van der Waals surface area contributed by atoms with Crippen LogP contribution in [0.5, 0.6) is 11.5 Å². The normalized spacial score (nSPS) is 23.4. The summed E-state index contributed by atoms with van der Waals surface area (Å²) in [7, 11) is -2.70. The van der Waals surface area contributed by atoms with Gasteiger partial charge in [0.05, 0.1) is 12.3 Å². The maximum absolute atomic E-state index is 12.6. The molecule has 206 valence electrons. The number of fused-ring (bicyclic) bond motifs is 1. The van der Waals surface area contributed by atoms with Crippen LogP contribution in [0.2, 0.25) is 0 Å². The summed E-state index contributed by atoms with van der Waals surface area (Å²) in [4.78, 5) is 28.5. The van der Waals surface area contributed by atoms with Crippen molar-refractivity contribution in [3.05, 3.63) is 48.4 Å². The highest BCUT2D eigenvalue weighted by Gasteiger charge is 2.57. The van der Waals surface area contributed by atoms with Crippen LogP contribution in [0.3, 0.4) is 0 Å². The van der Waals surface area contributed by atoms with E-state index < -0.39 is 43.6 Å². The van der Waals surface area contributed by atoms with E-state index in [9.17, 15) is 25.2 Å². The van der Waals surface area contributed by atoms with E-state index in [0.717, 1.165) is 0 Å². The van der Waals surface area contributed by atoms with Crippen LogP contribution in [0.1, 0.15) is 26.5 Å². The molecule has 1 aliphatic rings. The molecule has 3 heterocycles. The standard InChI is InChI=1S/C24H27N6O8P/c1-4-35-22(33)23(2,3)29-39(34)38-16-8-6-5-7-15(16)36-11-17-19(31)20(32)24(12-25,37-17)18-10-9-14-21(26)27-13-28-30(14)18/h5-10,13,17,19-20,31-32H,4,11H2,1-3H3,(H2,26,27,28)/t17-,19-,20-,24+/m1/s1. The predicted octanol–water partition coefficient (Wildman–Crippen LogP) is 0.806. The number of anilines is 1. The minimum Gasteiger partial charge on any atom is -0.575 e. The highest BCUT2D eigenvalue weighted by Crippen LogP contribution is 2.41. The number of ether oxygens (including phenoxy) is 3. The largest absolute Gasteiger partial charge is 0.575 e. The summed E-state index contributed by atoms with van der Waals surface area (Å²) in [5, 5.41) is 35.8. The summed E-state index contributed by atoms with van der Waals surface area (Å²) in [6, 6.07) is 11.3. The van der Waals surface area contributed by atoms with E-state index in [2.05, 4.69) is 14.8 Å². The number of aromatic nitrogens is 3. The van der Waals surface area contributed by atoms with Gasteiger partial charge in [0.2, 0.25) is 11.4 Å². The van der Waals surface area contributed by atoms with Crippen molar-refractivity contribution in [2.75, 3.05) is 18.9 Å². The van der Waals surface area contributed by atoms with Crippen LogP contribution in [0.15, 0.2) is 47.5 Å². The van der Waals surface area contributed by atoms with E-state index in [0.29, 0.717) is 5.52 Å². The maximum atomic E-state index is 12.6. The Kier molecular flexibility index (Phi) is 8.01. The second-order valence-corrected chi connectivity index (χ2v) is 9.92. The molecular formula is C24H27N6O8P. The van der Waals surface area contributed by atoms with E-state index in [1.54, 1.807) is 25.1 Å². The van der Waals surface area contributed by atoms with E-state index in [1.165, 1.54) is 42.9 Å². The molecule has 15 heteroatoms. The molecule has 1 saturated heterocycles. The van der Waals surface area contributed by atoms with Gasteiger partial charge in [0.15, 0.2) is 17.1 Å².